The van der Waals surface area contributed by atoms with Gasteiger partial charge in [0.2, 0.25) is 0 Å². The minimum absolute atomic E-state index is 0.704. The second kappa shape index (κ2) is 7.29. The average molecular weight is 331 g/mol. The molecule has 0 aromatic heterocycles. The van der Waals surface area contributed by atoms with Crippen LogP contribution in [0.5, 0.6) is 0 Å². The smallest absolute Gasteiger partial charge is 0.0991 e. The maximum Gasteiger partial charge on any atom is 0.0991 e. The van der Waals surface area contributed by atoms with Crippen LogP contribution in [0, 0.1) is 11.3 Å². The molecule has 128 valence electrons. The third-order valence-corrected chi connectivity index (χ3v) is 5.72. The summed E-state index contributed by atoms with van der Waals surface area (Å²) in [5.41, 5.74) is 5.06. The normalized spacial score (nSPS) is 18.1. The van der Waals surface area contributed by atoms with Gasteiger partial charge in [0.05, 0.1) is 11.6 Å². The second-order valence-electron chi connectivity index (χ2n) is 7.20. The first-order valence-electron chi connectivity index (χ1n) is 9.39. The molecule has 2 aliphatic heterocycles. The van der Waals surface area contributed by atoms with Crippen LogP contribution in [0.15, 0.2) is 48.5 Å². The quantitative estimate of drug-likeness (QED) is 0.857. The zero-order chi connectivity index (χ0) is 17.1. The van der Waals surface area contributed by atoms with E-state index in [0.29, 0.717) is 6.04 Å². The Morgan fingerprint density at radius 2 is 1.72 bits per heavy atom. The van der Waals surface area contributed by atoms with Crippen molar-refractivity contribution in [1.82, 2.24) is 4.90 Å². The zero-order valence-corrected chi connectivity index (χ0v) is 14.7. The number of likely N-dealkylation sites (tertiary alicyclic amines) is 1. The number of fused-ring (bicyclic) bond motifs is 1. The van der Waals surface area contributed by atoms with Crippen LogP contribution >= 0.6 is 0 Å². The monoisotopic (exact) mass is 331 g/mol. The molecule has 0 aliphatic carbocycles. The molecule has 0 spiro atoms. The standard InChI is InChI=1S/C22H25N3/c23-17-19-7-5-18(6-8-19)9-13-24-14-11-21(12-15-24)25-16-10-20-3-1-2-4-22(20)25/h1-8,21H,9-16H2. The van der Waals surface area contributed by atoms with Gasteiger partial charge in [-0.2, -0.15) is 5.26 Å². The predicted molar refractivity (Wildman–Crippen MR) is 102 cm³/mol. The van der Waals surface area contributed by atoms with Gasteiger partial charge in [-0.05, 0) is 55.0 Å². The maximum absolute atomic E-state index is 8.88. The molecule has 2 heterocycles. The third kappa shape index (κ3) is 3.55. The van der Waals surface area contributed by atoms with E-state index in [-0.39, 0.29) is 0 Å². The third-order valence-electron chi connectivity index (χ3n) is 5.72. The molecule has 3 nitrogen and oxygen atoms in total. The summed E-state index contributed by atoms with van der Waals surface area (Å²) in [7, 11) is 0. The summed E-state index contributed by atoms with van der Waals surface area (Å²) in [4.78, 5) is 5.24. The van der Waals surface area contributed by atoms with Crippen molar-refractivity contribution in [2.45, 2.75) is 31.7 Å². The number of nitriles is 1. The summed E-state index contributed by atoms with van der Waals surface area (Å²) in [6.07, 6.45) is 4.81. The van der Waals surface area contributed by atoms with E-state index >= 15 is 0 Å². The van der Waals surface area contributed by atoms with Crippen LogP contribution in [0.3, 0.4) is 0 Å². The fourth-order valence-electron chi connectivity index (χ4n) is 4.23. The van der Waals surface area contributed by atoms with Crippen LogP contribution in [0.4, 0.5) is 5.69 Å². The predicted octanol–water partition coefficient (Wildman–Crippen LogP) is 3.63. The van der Waals surface area contributed by atoms with Gasteiger partial charge < -0.3 is 9.80 Å². The van der Waals surface area contributed by atoms with E-state index in [1.807, 2.05) is 12.1 Å². The van der Waals surface area contributed by atoms with E-state index in [0.717, 1.165) is 18.5 Å². The van der Waals surface area contributed by atoms with Crippen molar-refractivity contribution in [3.05, 3.63) is 65.2 Å². The number of hydrogen-bond acceptors (Lipinski definition) is 3. The highest BCUT2D eigenvalue weighted by Gasteiger charge is 2.28. The number of hydrogen-bond donors (Lipinski definition) is 0. The van der Waals surface area contributed by atoms with Crippen LogP contribution in [0.2, 0.25) is 0 Å². The number of nitrogens with zero attached hydrogens (tertiary/aromatic N) is 3. The Morgan fingerprint density at radius 3 is 2.48 bits per heavy atom. The van der Waals surface area contributed by atoms with E-state index in [2.05, 4.69) is 52.3 Å². The van der Waals surface area contributed by atoms with Gasteiger partial charge >= 0.3 is 0 Å². The Morgan fingerprint density at radius 1 is 0.960 bits per heavy atom. The van der Waals surface area contributed by atoms with Crippen molar-refractivity contribution < 1.29 is 0 Å². The van der Waals surface area contributed by atoms with E-state index in [4.69, 9.17) is 5.26 Å². The molecular weight excluding hydrogens is 306 g/mol. The zero-order valence-electron chi connectivity index (χ0n) is 14.7. The van der Waals surface area contributed by atoms with Gasteiger partial charge in [0, 0.05) is 37.9 Å². The van der Waals surface area contributed by atoms with Crippen LogP contribution in [-0.4, -0.2) is 37.1 Å². The Balaban J connectivity index is 1.28. The molecule has 1 saturated heterocycles. The first-order chi connectivity index (χ1) is 12.3. The van der Waals surface area contributed by atoms with Crippen LogP contribution in [0.1, 0.15) is 29.5 Å². The van der Waals surface area contributed by atoms with Crippen molar-refractivity contribution in [3.8, 4) is 6.07 Å². The van der Waals surface area contributed by atoms with Gasteiger partial charge in [0.25, 0.3) is 0 Å². The summed E-state index contributed by atoms with van der Waals surface area (Å²) in [6, 6.07) is 19.8. The lowest BCUT2D eigenvalue weighted by Crippen LogP contribution is -2.44. The second-order valence-corrected chi connectivity index (χ2v) is 7.20. The molecule has 0 radical (unpaired) electrons. The van der Waals surface area contributed by atoms with E-state index in [1.54, 1.807) is 0 Å². The van der Waals surface area contributed by atoms with Gasteiger partial charge in [-0.25, -0.2) is 0 Å². The van der Waals surface area contributed by atoms with Gasteiger partial charge in [-0.1, -0.05) is 30.3 Å². The lowest BCUT2D eigenvalue weighted by atomic mass is 10.0. The molecule has 0 atom stereocenters. The highest BCUT2D eigenvalue weighted by atomic mass is 15.2. The molecular formula is C22H25N3. The Kier molecular flexibility index (Phi) is 4.72. The van der Waals surface area contributed by atoms with Crippen molar-refractivity contribution in [3.63, 3.8) is 0 Å². The fourth-order valence-corrected chi connectivity index (χ4v) is 4.23. The summed E-state index contributed by atoms with van der Waals surface area (Å²) in [6.45, 7) is 4.70. The SMILES string of the molecule is N#Cc1ccc(CCN2CCC(N3CCc4ccccc43)CC2)cc1. The molecule has 0 bridgehead atoms. The van der Waals surface area contributed by atoms with Crippen molar-refractivity contribution >= 4 is 5.69 Å². The molecule has 0 saturated carbocycles. The first kappa shape index (κ1) is 16.2. The molecule has 2 aromatic rings. The Labute approximate surface area is 150 Å². The molecule has 25 heavy (non-hydrogen) atoms. The fraction of sp³-hybridized carbons (Fsp3) is 0.409. The molecule has 0 unspecified atom stereocenters. The lowest BCUT2D eigenvalue weighted by Gasteiger charge is -2.38. The number of para-hydroxylation sites is 1. The topological polar surface area (TPSA) is 30.3 Å². The largest absolute Gasteiger partial charge is 0.368 e. The molecule has 4 rings (SSSR count). The lowest BCUT2D eigenvalue weighted by molar-refractivity contribution is 0.212. The summed E-state index contributed by atoms with van der Waals surface area (Å²) < 4.78 is 0. The van der Waals surface area contributed by atoms with E-state index < -0.39 is 0 Å². The highest BCUT2D eigenvalue weighted by Crippen LogP contribution is 2.32. The van der Waals surface area contributed by atoms with Crippen molar-refractivity contribution in [2.24, 2.45) is 0 Å². The summed E-state index contributed by atoms with van der Waals surface area (Å²) in [5.74, 6) is 0. The van der Waals surface area contributed by atoms with Gasteiger partial charge in [-0.15, -0.1) is 0 Å². The molecule has 3 heteroatoms. The number of rotatable bonds is 4. The van der Waals surface area contributed by atoms with Crippen LogP contribution < -0.4 is 4.90 Å². The number of anilines is 1. The van der Waals surface area contributed by atoms with E-state index in [1.165, 1.54) is 55.7 Å². The Hall–Kier alpha value is -2.31. The molecule has 0 amide bonds. The van der Waals surface area contributed by atoms with Crippen LogP contribution in [-0.2, 0) is 12.8 Å². The molecule has 2 aliphatic rings. The minimum Gasteiger partial charge on any atom is -0.368 e. The van der Waals surface area contributed by atoms with Gasteiger partial charge in [0.1, 0.15) is 0 Å². The summed E-state index contributed by atoms with van der Waals surface area (Å²) >= 11 is 0. The summed E-state index contributed by atoms with van der Waals surface area (Å²) in [5, 5.41) is 8.88. The van der Waals surface area contributed by atoms with Gasteiger partial charge in [0.15, 0.2) is 0 Å². The highest BCUT2D eigenvalue weighted by molar-refractivity contribution is 5.58. The Bertz CT molecular complexity index is 752. The van der Waals surface area contributed by atoms with Gasteiger partial charge in [-0.3, -0.25) is 0 Å². The number of benzene rings is 2. The number of piperidine rings is 1. The first-order valence-corrected chi connectivity index (χ1v) is 9.39. The minimum atomic E-state index is 0.704. The van der Waals surface area contributed by atoms with E-state index in [9.17, 15) is 0 Å². The molecule has 0 N–H and O–H groups in total. The molecule has 2 aromatic carbocycles. The average Bonchev–Trinajstić information content (AvgIpc) is 3.11. The van der Waals surface area contributed by atoms with Crippen molar-refractivity contribution in [1.29, 1.82) is 5.26 Å². The van der Waals surface area contributed by atoms with Crippen molar-refractivity contribution in [2.75, 3.05) is 31.1 Å². The molecule has 1 fully saturated rings. The van der Waals surface area contributed by atoms with Crippen LogP contribution in [0.25, 0.3) is 0 Å². The maximum atomic E-state index is 8.88.